The van der Waals surface area contributed by atoms with Crippen LogP contribution >= 0.6 is 0 Å². The van der Waals surface area contributed by atoms with Crippen LogP contribution in [0.4, 0.5) is 11.4 Å². The lowest BCUT2D eigenvalue weighted by molar-refractivity contribution is -0.119. The molecule has 5 nitrogen and oxygen atoms in total. The summed E-state index contributed by atoms with van der Waals surface area (Å²) >= 11 is 0. The Morgan fingerprint density at radius 1 is 1.25 bits per heavy atom. The van der Waals surface area contributed by atoms with E-state index in [-0.39, 0.29) is 17.7 Å². The van der Waals surface area contributed by atoms with Gasteiger partial charge in [-0.2, -0.15) is 0 Å². The Labute approximate surface area is 119 Å². The molecule has 0 radical (unpaired) electrons. The molecule has 3 N–H and O–H groups in total. The van der Waals surface area contributed by atoms with Gasteiger partial charge in [-0.3, -0.25) is 9.59 Å². The molecule has 0 spiro atoms. The van der Waals surface area contributed by atoms with Crippen molar-refractivity contribution in [1.82, 2.24) is 5.32 Å². The molecule has 0 bridgehead atoms. The number of carbonyl (C=O) groups is 2. The second-order valence-corrected chi connectivity index (χ2v) is 5.29. The van der Waals surface area contributed by atoms with Crippen LogP contribution in [-0.4, -0.2) is 30.8 Å². The van der Waals surface area contributed by atoms with Gasteiger partial charge in [-0.25, -0.2) is 0 Å². The molecule has 0 saturated carbocycles. The Hall–Kier alpha value is -2.04. The number of piperidine rings is 1. The van der Waals surface area contributed by atoms with Gasteiger partial charge < -0.3 is 16.0 Å². The Bertz CT molecular complexity index is 520. The van der Waals surface area contributed by atoms with Gasteiger partial charge >= 0.3 is 0 Å². The summed E-state index contributed by atoms with van der Waals surface area (Å²) in [5.41, 5.74) is 8.05. The molecule has 1 heterocycles. The third-order valence-electron chi connectivity index (χ3n) is 3.68. The van der Waals surface area contributed by atoms with E-state index in [1.54, 1.807) is 13.0 Å². The predicted molar refractivity (Wildman–Crippen MR) is 79.9 cm³/mol. The maximum Gasteiger partial charge on any atom is 0.217 e. The quantitative estimate of drug-likeness (QED) is 0.648. The van der Waals surface area contributed by atoms with Gasteiger partial charge in [-0.15, -0.1) is 0 Å². The zero-order valence-electron chi connectivity index (χ0n) is 12.0. The molecule has 108 valence electrons. The molecule has 0 atom stereocenters. The van der Waals surface area contributed by atoms with Gasteiger partial charge in [0.05, 0.1) is 0 Å². The molecule has 0 aliphatic carbocycles. The lowest BCUT2D eigenvalue weighted by Crippen LogP contribution is -2.44. The van der Waals surface area contributed by atoms with E-state index in [9.17, 15) is 9.59 Å². The summed E-state index contributed by atoms with van der Waals surface area (Å²) in [5.74, 6) is 0.0110. The van der Waals surface area contributed by atoms with Crippen molar-refractivity contribution >= 4 is 23.1 Å². The highest BCUT2D eigenvalue weighted by Gasteiger charge is 2.20. The first-order valence-electron chi connectivity index (χ1n) is 6.90. The van der Waals surface area contributed by atoms with Crippen molar-refractivity contribution < 1.29 is 9.59 Å². The molecule has 1 aliphatic rings. The fourth-order valence-electron chi connectivity index (χ4n) is 2.64. The van der Waals surface area contributed by atoms with Gasteiger partial charge in [0.25, 0.3) is 0 Å². The van der Waals surface area contributed by atoms with Gasteiger partial charge in [0.2, 0.25) is 5.91 Å². The Kier molecular flexibility index (Phi) is 4.27. The standard InChI is InChI=1S/C15H21N3O2/c1-10(19)14-4-3-13(9-15(14)16)18-7-5-12(6-8-18)17-11(2)20/h3-4,9,12H,5-8,16H2,1-2H3,(H,17,20). The van der Waals surface area contributed by atoms with Crippen LogP contribution in [0.25, 0.3) is 0 Å². The zero-order chi connectivity index (χ0) is 14.7. The highest BCUT2D eigenvalue weighted by atomic mass is 16.1. The van der Waals surface area contributed by atoms with Crippen molar-refractivity contribution in [2.24, 2.45) is 0 Å². The maximum atomic E-state index is 11.4. The van der Waals surface area contributed by atoms with Crippen LogP contribution < -0.4 is 16.0 Å². The molecule has 0 aromatic heterocycles. The summed E-state index contributed by atoms with van der Waals surface area (Å²) < 4.78 is 0. The van der Waals surface area contributed by atoms with Crippen molar-refractivity contribution in [3.63, 3.8) is 0 Å². The Balaban J connectivity index is 2.02. The van der Waals surface area contributed by atoms with E-state index >= 15 is 0 Å². The molecular weight excluding hydrogens is 254 g/mol. The van der Waals surface area contributed by atoms with Gasteiger partial charge in [-0.05, 0) is 38.0 Å². The van der Waals surface area contributed by atoms with Crippen molar-refractivity contribution in [3.05, 3.63) is 23.8 Å². The number of carbonyl (C=O) groups excluding carboxylic acids is 2. The lowest BCUT2D eigenvalue weighted by Gasteiger charge is -2.34. The Morgan fingerprint density at radius 3 is 2.40 bits per heavy atom. The predicted octanol–water partition coefficient (Wildman–Crippen LogP) is 1.58. The zero-order valence-corrected chi connectivity index (χ0v) is 12.0. The first-order valence-corrected chi connectivity index (χ1v) is 6.90. The van der Waals surface area contributed by atoms with E-state index in [0.29, 0.717) is 11.3 Å². The summed E-state index contributed by atoms with van der Waals surface area (Å²) in [7, 11) is 0. The normalized spacial score (nSPS) is 16.0. The molecule has 1 aliphatic heterocycles. The SMILES string of the molecule is CC(=O)NC1CCN(c2ccc(C(C)=O)c(N)c2)CC1. The number of nitrogens with one attached hydrogen (secondary N) is 1. The van der Waals surface area contributed by atoms with Crippen LogP contribution in [0.2, 0.25) is 0 Å². The van der Waals surface area contributed by atoms with E-state index in [1.807, 2.05) is 12.1 Å². The van der Waals surface area contributed by atoms with E-state index < -0.39 is 0 Å². The summed E-state index contributed by atoms with van der Waals surface area (Å²) in [6, 6.07) is 5.84. The highest BCUT2D eigenvalue weighted by molar-refractivity contribution is 5.99. The van der Waals surface area contributed by atoms with Crippen molar-refractivity contribution in [2.75, 3.05) is 23.7 Å². The number of anilines is 2. The van der Waals surface area contributed by atoms with Gasteiger partial charge in [0, 0.05) is 43.0 Å². The number of Topliss-reactive ketones (excluding diaryl/α,β-unsaturated/α-hetero) is 1. The molecule has 0 unspecified atom stereocenters. The molecule has 1 fully saturated rings. The van der Waals surface area contributed by atoms with Crippen LogP contribution in [0.1, 0.15) is 37.0 Å². The fraction of sp³-hybridized carbons (Fsp3) is 0.467. The number of hydrogen-bond acceptors (Lipinski definition) is 4. The van der Waals surface area contributed by atoms with E-state index in [0.717, 1.165) is 31.6 Å². The summed E-state index contributed by atoms with van der Waals surface area (Å²) in [4.78, 5) is 24.6. The smallest absolute Gasteiger partial charge is 0.217 e. The molecule has 1 saturated heterocycles. The summed E-state index contributed by atoms with van der Waals surface area (Å²) in [5, 5.41) is 2.95. The number of amides is 1. The van der Waals surface area contributed by atoms with Gasteiger partial charge in [-0.1, -0.05) is 0 Å². The summed E-state index contributed by atoms with van der Waals surface area (Å²) in [6.07, 6.45) is 1.85. The topological polar surface area (TPSA) is 75.4 Å². The molecular formula is C15H21N3O2. The average molecular weight is 275 g/mol. The lowest BCUT2D eigenvalue weighted by atomic mass is 10.0. The van der Waals surface area contributed by atoms with Crippen LogP contribution in [0, 0.1) is 0 Å². The van der Waals surface area contributed by atoms with Crippen molar-refractivity contribution in [1.29, 1.82) is 0 Å². The number of ketones is 1. The van der Waals surface area contributed by atoms with Crippen LogP contribution in [0.3, 0.4) is 0 Å². The monoisotopic (exact) mass is 275 g/mol. The molecule has 1 aromatic carbocycles. The first-order chi connectivity index (χ1) is 9.47. The second kappa shape index (κ2) is 5.94. The molecule has 1 aromatic rings. The number of nitrogens with zero attached hydrogens (tertiary/aromatic N) is 1. The Morgan fingerprint density at radius 2 is 1.90 bits per heavy atom. The second-order valence-electron chi connectivity index (χ2n) is 5.29. The highest BCUT2D eigenvalue weighted by Crippen LogP contribution is 2.24. The van der Waals surface area contributed by atoms with Crippen molar-refractivity contribution in [2.45, 2.75) is 32.7 Å². The van der Waals surface area contributed by atoms with Gasteiger partial charge in [0.15, 0.2) is 5.78 Å². The van der Waals surface area contributed by atoms with Gasteiger partial charge in [0.1, 0.15) is 0 Å². The number of hydrogen-bond donors (Lipinski definition) is 2. The van der Waals surface area contributed by atoms with E-state index in [2.05, 4.69) is 10.2 Å². The third kappa shape index (κ3) is 3.29. The molecule has 1 amide bonds. The number of rotatable bonds is 3. The van der Waals surface area contributed by atoms with Crippen molar-refractivity contribution in [3.8, 4) is 0 Å². The van der Waals surface area contributed by atoms with Crippen LogP contribution in [0.15, 0.2) is 18.2 Å². The average Bonchev–Trinajstić information content (AvgIpc) is 2.38. The third-order valence-corrected chi connectivity index (χ3v) is 3.68. The number of benzene rings is 1. The minimum Gasteiger partial charge on any atom is -0.398 e. The maximum absolute atomic E-state index is 11.4. The molecule has 20 heavy (non-hydrogen) atoms. The summed E-state index contributed by atoms with van der Waals surface area (Å²) in [6.45, 7) is 4.82. The number of nitrogen functional groups attached to an aromatic ring is 1. The van der Waals surface area contributed by atoms with E-state index in [1.165, 1.54) is 6.92 Å². The molecule has 2 rings (SSSR count). The minimum atomic E-state index is -0.0154. The first kappa shape index (κ1) is 14.4. The largest absolute Gasteiger partial charge is 0.398 e. The fourth-order valence-corrected chi connectivity index (χ4v) is 2.64. The minimum absolute atomic E-state index is 0.0154. The van der Waals surface area contributed by atoms with Crippen LogP contribution in [0.5, 0.6) is 0 Å². The van der Waals surface area contributed by atoms with E-state index in [4.69, 9.17) is 5.73 Å². The van der Waals surface area contributed by atoms with Crippen LogP contribution in [-0.2, 0) is 4.79 Å². The molecule has 5 heteroatoms. The number of nitrogens with two attached hydrogens (primary N) is 1.